The molecule has 36 heavy (non-hydrogen) atoms. The molecule has 0 aliphatic carbocycles. The molecule has 2 atom stereocenters. The molecule has 0 spiro atoms. The molecule has 2 aliphatic heterocycles. The van der Waals surface area contributed by atoms with Gasteiger partial charge in [-0.05, 0) is 42.7 Å². The normalized spacial score (nSPS) is 19.0. The van der Waals surface area contributed by atoms with E-state index in [1.807, 2.05) is 17.0 Å². The molecule has 2 aliphatic rings. The molecule has 10 nitrogen and oxygen atoms in total. The summed E-state index contributed by atoms with van der Waals surface area (Å²) in [4.78, 5) is 17.2. The first-order valence-electron chi connectivity index (χ1n) is 11.4. The summed E-state index contributed by atoms with van der Waals surface area (Å²) in [5.74, 6) is 0.0535. The third kappa shape index (κ3) is 5.82. The average Bonchev–Trinajstić information content (AvgIpc) is 3.45. The molecule has 5 rings (SSSR count). The van der Waals surface area contributed by atoms with Gasteiger partial charge < -0.3 is 15.0 Å². The van der Waals surface area contributed by atoms with E-state index in [0.29, 0.717) is 28.9 Å². The maximum Gasteiger partial charge on any atom is 0.573 e. The predicted molar refractivity (Wildman–Crippen MR) is 127 cm³/mol. The lowest BCUT2D eigenvalue weighted by Crippen LogP contribution is -2.45. The minimum Gasteiger partial charge on any atom is -0.406 e. The van der Waals surface area contributed by atoms with Crippen LogP contribution in [0.2, 0.25) is 0 Å². The topological polar surface area (TPSA) is 108 Å². The SMILES string of the molecule is O=C(Nc1nnc(NC2CCN(c3cccnn3)C2)s1)C(c1cccc(OC(F)(F)F)c1)N1CCC1. The molecule has 2 aromatic heterocycles. The molecule has 2 fully saturated rings. The molecule has 0 saturated carbocycles. The molecule has 3 aromatic rings. The van der Waals surface area contributed by atoms with Gasteiger partial charge in [-0.3, -0.25) is 15.0 Å². The standard InChI is InChI=1S/C22H23F3N8O2S/c23-22(24,25)35-16-5-1-4-14(12-16)18(32-9-3-10-32)19(34)28-21-31-30-20(36-21)27-15-7-11-33(13-15)17-6-2-8-26-29-17/h1-2,4-6,8,12,15,18H,3,7,9-11,13H2,(H,27,30)(H,28,31,34). The van der Waals surface area contributed by atoms with Gasteiger partial charge in [0, 0.05) is 38.4 Å². The van der Waals surface area contributed by atoms with Gasteiger partial charge in [0.1, 0.15) is 11.8 Å². The smallest absolute Gasteiger partial charge is 0.406 e. The fourth-order valence-electron chi connectivity index (χ4n) is 4.24. The number of carbonyl (C=O) groups is 1. The highest BCUT2D eigenvalue weighted by atomic mass is 32.1. The molecule has 2 unspecified atom stereocenters. The third-order valence-electron chi connectivity index (χ3n) is 5.96. The molecule has 4 heterocycles. The van der Waals surface area contributed by atoms with Crippen molar-refractivity contribution >= 4 is 33.3 Å². The molecule has 0 radical (unpaired) electrons. The molecule has 1 amide bonds. The van der Waals surface area contributed by atoms with Crippen molar-refractivity contribution in [2.75, 3.05) is 41.7 Å². The second-order valence-corrected chi connectivity index (χ2v) is 9.45. The van der Waals surface area contributed by atoms with Gasteiger partial charge in [0.25, 0.3) is 0 Å². The largest absolute Gasteiger partial charge is 0.573 e. The molecule has 1 aromatic carbocycles. The van der Waals surface area contributed by atoms with Gasteiger partial charge in [0.15, 0.2) is 5.82 Å². The first kappa shape index (κ1) is 24.2. The van der Waals surface area contributed by atoms with Gasteiger partial charge in [-0.15, -0.1) is 28.5 Å². The highest BCUT2D eigenvalue weighted by Gasteiger charge is 2.34. The quantitative estimate of drug-likeness (QED) is 0.463. The summed E-state index contributed by atoms with van der Waals surface area (Å²) >= 11 is 1.20. The van der Waals surface area contributed by atoms with E-state index < -0.39 is 18.3 Å². The Morgan fingerprint density at radius 1 is 1.11 bits per heavy atom. The van der Waals surface area contributed by atoms with Gasteiger partial charge in [0.05, 0.1) is 0 Å². The summed E-state index contributed by atoms with van der Waals surface area (Å²) in [5, 5.41) is 23.2. The number of rotatable bonds is 8. The van der Waals surface area contributed by atoms with Crippen molar-refractivity contribution in [2.24, 2.45) is 0 Å². The fraction of sp³-hybridized carbons (Fsp3) is 0.409. The number of hydrogen-bond donors (Lipinski definition) is 2. The van der Waals surface area contributed by atoms with E-state index >= 15 is 0 Å². The number of hydrogen-bond acceptors (Lipinski definition) is 10. The molecular weight excluding hydrogens is 497 g/mol. The lowest BCUT2D eigenvalue weighted by molar-refractivity contribution is -0.274. The summed E-state index contributed by atoms with van der Waals surface area (Å²) in [6.45, 7) is 2.88. The Hall–Kier alpha value is -3.52. The second kappa shape index (κ2) is 10.2. The van der Waals surface area contributed by atoms with E-state index in [-0.39, 0.29) is 11.8 Å². The number of amides is 1. The van der Waals surface area contributed by atoms with E-state index in [4.69, 9.17) is 0 Å². The molecular formula is C22H23F3N8O2S. The number of anilines is 3. The molecule has 2 saturated heterocycles. The average molecular weight is 521 g/mol. The lowest BCUT2D eigenvalue weighted by Gasteiger charge is -2.37. The molecule has 0 bridgehead atoms. The highest BCUT2D eigenvalue weighted by Crippen LogP contribution is 2.32. The van der Waals surface area contributed by atoms with Crippen LogP contribution in [0.5, 0.6) is 5.75 Å². The number of nitrogens with zero attached hydrogens (tertiary/aromatic N) is 6. The molecule has 2 N–H and O–H groups in total. The molecule has 14 heteroatoms. The van der Waals surface area contributed by atoms with Crippen LogP contribution in [0.1, 0.15) is 24.4 Å². The Morgan fingerprint density at radius 2 is 1.94 bits per heavy atom. The monoisotopic (exact) mass is 520 g/mol. The number of carbonyl (C=O) groups excluding carboxylic acids is 1. The van der Waals surface area contributed by atoms with E-state index in [0.717, 1.165) is 31.7 Å². The van der Waals surface area contributed by atoms with Crippen molar-refractivity contribution in [1.29, 1.82) is 0 Å². The van der Waals surface area contributed by atoms with Crippen molar-refractivity contribution < 1.29 is 22.7 Å². The molecule has 190 valence electrons. The van der Waals surface area contributed by atoms with Gasteiger partial charge in [0.2, 0.25) is 16.2 Å². The van der Waals surface area contributed by atoms with Crippen LogP contribution in [0, 0.1) is 0 Å². The van der Waals surface area contributed by atoms with E-state index in [9.17, 15) is 18.0 Å². The lowest BCUT2D eigenvalue weighted by atomic mass is 10.0. The van der Waals surface area contributed by atoms with Gasteiger partial charge >= 0.3 is 6.36 Å². The summed E-state index contributed by atoms with van der Waals surface area (Å²) in [6, 6.07) is 8.62. The highest BCUT2D eigenvalue weighted by molar-refractivity contribution is 7.19. The maximum atomic E-state index is 13.2. The van der Waals surface area contributed by atoms with E-state index in [1.165, 1.54) is 29.5 Å². The summed E-state index contributed by atoms with van der Waals surface area (Å²) in [7, 11) is 0. The van der Waals surface area contributed by atoms with Crippen LogP contribution < -0.4 is 20.3 Å². The summed E-state index contributed by atoms with van der Waals surface area (Å²) in [6.07, 6.45) is -1.40. The van der Waals surface area contributed by atoms with Crippen LogP contribution in [-0.4, -0.2) is 69.8 Å². The minimum atomic E-state index is -4.81. The summed E-state index contributed by atoms with van der Waals surface area (Å²) < 4.78 is 42.0. The number of nitrogens with one attached hydrogen (secondary N) is 2. The number of likely N-dealkylation sites (tertiary alicyclic amines) is 1. The number of alkyl halides is 3. The Kier molecular flexibility index (Phi) is 6.87. The first-order valence-corrected chi connectivity index (χ1v) is 12.2. The number of ether oxygens (including phenoxy) is 1. The van der Waals surface area contributed by atoms with Crippen molar-refractivity contribution in [3.8, 4) is 5.75 Å². The van der Waals surface area contributed by atoms with Crippen LogP contribution in [0.4, 0.5) is 29.3 Å². The minimum absolute atomic E-state index is 0.133. The Bertz CT molecular complexity index is 1190. The first-order chi connectivity index (χ1) is 17.3. The van der Waals surface area contributed by atoms with Crippen LogP contribution >= 0.6 is 11.3 Å². The maximum absolute atomic E-state index is 13.2. The van der Waals surface area contributed by atoms with Gasteiger partial charge in [-0.2, -0.15) is 5.10 Å². The number of benzene rings is 1. The number of aromatic nitrogens is 4. The Morgan fingerprint density at radius 3 is 2.67 bits per heavy atom. The zero-order valence-electron chi connectivity index (χ0n) is 19.0. The van der Waals surface area contributed by atoms with Crippen LogP contribution in [-0.2, 0) is 4.79 Å². The van der Waals surface area contributed by atoms with Gasteiger partial charge in [-0.1, -0.05) is 23.5 Å². The fourth-order valence-corrected chi connectivity index (χ4v) is 4.96. The zero-order valence-corrected chi connectivity index (χ0v) is 19.8. The van der Waals surface area contributed by atoms with Crippen LogP contribution in [0.15, 0.2) is 42.6 Å². The predicted octanol–water partition coefficient (Wildman–Crippen LogP) is 3.30. The van der Waals surface area contributed by atoms with Crippen LogP contribution in [0.25, 0.3) is 0 Å². The van der Waals surface area contributed by atoms with Crippen molar-refractivity contribution in [2.45, 2.75) is 31.3 Å². The number of halogens is 3. The Balaban J connectivity index is 1.23. The van der Waals surface area contributed by atoms with E-state index in [1.54, 1.807) is 12.3 Å². The second-order valence-electron chi connectivity index (χ2n) is 8.47. The van der Waals surface area contributed by atoms with Crippen molar-refractivity contribution in [3.05, 3.63) is 48.2 Å². The van der Waals surface area contributed by atoms with Crippen molar-refractivity contribution in [3.63, 3.8) is 0 Å². The summed E-state index contributed by atoms with van der Waals surface area (Å²) in [5.41, 5.74) is 0.409. The third-order valence-corrected chi connectivity index (χ3v) is 6.73. The van der Waals surface area contributed by atoms with Crippen LogP contribution in [0.3, 0.4) is 0 Å². The van der Waals surface area contributed by atoms with Gasteiger partial charge in [-0.25, -0.2) is 0 Å². The van der Waals surface area contributed by atoms with Crippen molar-refractivity contribution in [1.82, 2.24) is 25.3 Å². The van der Waals surface area contributed by atoms with E-state index in [2.05, 4.69) is 40.7 Å². The Labute approximate surface area is 208 Å². The zero-order chi connectivity index (χ0) is 25.1.